The van der Waals surface area contributed by atoms with Crippen LogP contribution in [0.4, 0.5) is 0 Å². The van der Waals surface area contributed by atoms with Gasteiger partial charge < -0.3 is 0 Å². The van der Waals surface area contributed by atoms with E-state index in [2.05, 4.69) is 5.10 Å². The predicted octanol–water partition coefficient (Wildman–Crippen LogP) is 0.138. The van der Waals surface area contributed by atoms with Crippen molar-refractivity contribution < 1.29 is 4.05 Å². The average Bonchev–Trinajstić information content (AvgIpc) is 2.27. The second-order valence-electron chi connectivity index (χ2n) is 2.09. The molecule has 0 saturated carbocycles. The molecule has 0 saturated heterocycles. The summed E-state index contributed by atoms with van der Waals surface area (Å²) in [5, 5.41) is 6.10. The highest BCUT2D eigenvalue weighted by molar-refractivity contribution is 7.44. The van der Waals surface area contributed by atoms with Crippen LogP contribution in [0, 0.1) is 0 Å². The highest BCUT2D eigenvalue weighted by Gasteiger charge is 2.04. The first kappa shape index (κ1) is 8.30. The topological polar surface area (TPSA) is 15.4 Å². The van der Waals surface area contributed by atoms with E-state index in [4.69, 9.17) is 12.4 Å². The number of rotatable bonds is 0. The Morgan fingerprint density at radius 2 is 2.00 bits per heavy atom. The van der Waals surface area contributed by atoms with Gasteiger partial charge in [-0.25, -0.2) is 0 Å². The molecule has 1 aliphatic heterocycles. The molecule has 1 aromatic rings. The van der Waals surface area contributed by atoms with E-state index in [-0.39, 0.29) is 12.4 Å². The maximum absolute atomic E-state index is 4.82. The summed E-state index contributed by atoms with van der Waals surface area (Å²) >= 11 is 4.82. The van der Waals surface area contributed by atoms with Crippen LogP contribution in [0.2, 0.25) is 0 Å². The first-order valence-electron chi connectivity index (χ1n) is 2.98. The maximum atomic E-state index is 4.82. The predicted molar refractivity (Wildman–Crippen MR) is 46.6 cm³/mol. The number of halogens is 1. The van der Waals surface area contributed by atoms with Gasteiger partial charge in [-0.3, -0.25) is 0 Å². The van der Waals surface area contributed by atoms with Gasteiger partial charge in [-0.1, -0.05) is 12.1 Å². The van der Waals surface area contributed by atoms with Crippen LogP contribution in [-0.2, 0) is 12.4 Å². The van der Waals surface area contributed by atoms with Crippen molar-refractivity contribution in [3.8, 4) is 0 Å². The standard InChI is InChI=1S/C7H5N2S.ClH/c10-9-5-6-3-1-2-4-7(6)8-9;/h1-5H;1H/q+1;. The molecule has 2 nitrogen and oxygen atoms in total. The van der Waals surface area contributed by atoms with Crippen LogP contribution in [0.3, 0.4) is 0 Å². The van der Waals surface area contributed by atoms with E-state index in [0.717, 1.165) is 10.6 Å². The van der Waals surface area contributed by atoms with Gasteiger partial charge in [0.2, 0.25) is 6.20 Å². The fraction of sp³-hybridized carbons (Fsp3) is 0. The quantitative estimate of drug-likeness (QED) is 0.525. The van der Waals surface area contributed by atoms with Gasteiger partial charge >= 0.3 is 12.4 Å². The van der Waals surface area contributed by atoms with E-state index in [0.29, 0.717) is 0 Å². The lowest BCUT2D eigenvalue weighted by Gasteiger charge is -1.72. The van der Waals surface area contributed by atoms with Gasteiger partial charge in [0.1, 0.15) is 5.36 Å². The Morgan fingerprint density at radius 1 is 1.27 bits per heavy atom. The van der Waals surface area contributed by atoms with E-state index in [1.807, 2.05) is 30.5 Å². The second kappa shape index (κ2) is 3.07. The van der Waals surface area contributed by atoms with Crippen molar-refractivity contribution in [2.24, 2.45) is 5.10 Å². The molecule has 0 amide bonds. The van der Waals surface area contributed by atoms with Crippen LogP contribution in [0.15, 0.2) is 29.4 Å². The van der Waals surface area contributed by atoms with Crippen LogP contribution < -0.4 is 10.6 Å². The van der Waals surface area contributed by atoms with Crippen LogP contribution >= 0.6 is 12.4 Å². The third-order valence-corrected chi connectivity index (χ3v) is 1.58. The largest absolute Gasteiger partial charge is 0.306 e. The summed E-state index contributed by atoms with van der Waals surface area (Å²) in [6.07, 6.45) is 1.82. The first-order chi connectivity index (χ1) is 4.86. The van der Waals surface area contributed by atoms with E-state index < -0.39 is 0 Å². The van der Waals surface area contributed by atoms with Crippen molar-refractivity contribution >= 4 is 31.0 Å². The van der Waals surface area contributed by atoms with Crippen LogP contribution in [-0.4, -0.2) is 4.05 Å². The smallest absolute Gasteiger partial charge is 0.147 e. The van der Waals surface area contributed by atoms with Crippen LogP contribution in [0.25, 0.3) is 6.20 Å². The lowest BCUT2D eigenvalue weighted by molar-refractivity contribution is -0.393. The van der Waals surface area contributed by atoms with E-state index in [1.54, 1.807) is 0 Å². The monoisotopic (exact) mass is 185 g/mol. The summed E-state index contributed by atoms with van der Waals surface area (Å²) in [5.41, 5.74) is 0. The van der Waals surface area contributed by atoms with Gasteiger partial charge in [0.05, 0.1) is 5.22 Å². The van der Waals surface area contributed by atoms with Crippen molar-refractivity contribution in [3.05, 3.63) is 34.8 Å². The molecule has 0 atom stereocenters. The zero-order chi connectivity index (χ0) is 6.97. The molecule has 0 N–H and O–H groups in total. The Kier molecular flexibility index (Phi) is 2.31. The van der Waals surface area contributed by atoms with Crippen LogP contribution in [0.5, 0.6) is 0 Å². The lowest BCUT2D eigenvalue weighted by atomic mass is 10.3. The molecule has 0 unspecified atom stereocenters. The zero-order valence-corrected chi connectivity index (χ0v) is 7.23. The molecule has 0 aromatic heterocycles. The molecule has 1 aromatic carbocycles. The number of benzene rings is 1. The summed E-state index contributed by atoms with van der Waals surface area (Å²) in [7, 11) is 0. The van der Waals surface area contributed by atoms with Crippen molar-refractivity contribution in [2.45, 2.75) is 0 Å². The molecule has 0 spiro atoms. The highest BCUT2D eigenvalue weighted by atomic mass is 35.5. The molecule has 2 rings (SSSR count). The summed E-state index contributed by atoms with van der Waals surface area (Å²) in [6, 6.07) is 7.85. The molecule has 4 heteroatoms. The Morgan fingerprint density at radius 3 is 2.73 bits per heavy atom. The molecule has 1 heterocycles. The molecular weight excluding hydrogens is 180 g/mol. The zero-order valence-electron chi connectivity index (χ0n) is 5.60. The maximum Gasteiger partial charge on any atom is 0.306 e. The Hall–Kier alpha value is -0.800. The molecule has 0 bridgehead atoms. The van der Waals surface area contributed by atoms with Gasteiger partial charge in [0.15, 0.2) is 0 Å². The van der Waals surface area contributed by atoms with E-state index in [9.17, 15) is 0 Å². The van der Waals surface area contributed by atoms with Crippen molar-refractivity contribution in [3.63, 3.8) is 0 Å². The van der Waals surface area contributed by atoms with Crippen molar-refractivity contribution in [2.75, 3.05) is 0 Å². The third-order valence-electron chi connectivity index (χ3n) is 1.39. The fourth-order valence-electron chi connectivity index (χ4n) is 0.942. The second-order valence-corrected chi connectivity index (χ2v) is 2.46. The molecular formula is C7H6ClN2S+. The molecule has 0 aliphatic carbocycles. The summed E-state index contributed by atoms with van der Waals surface area (Å²) in [5.74, 6) is 0. The average molecular weight is 186 g/mol. The molecule has 56 valence electrons. The SMILES string of the molecule is Cl.S=[N+]1C=c2ccccc2=N1. The Balaban J connectivity index is 0.000000605. The molecule has 0 radical (unpaired) electrons. The highest BCUT2D eigenvalue weighted by Crippen LogP contribution is 1.81. The number of nitrogens with zero attached hydrogens (tertiary/aromatic N) is 2. The van der Waals surface area contributed by atoms with Gasteiger partial charge in [0, 0.05) is 9.16 Å². The Labute approximate surface area is 75.4 Å². The minimum absolute atomic E-state index is 0. The molecule has 11 heavy (non-hydrogen) atoms. The van der Waals surface area contributed by atoms with Gasteiger partial charge in [-0.05, 0) is 12.1 Å². The van der Waals surface area contributed by atoms with Gasteiger partial charge in [0.25, 0.3) is 0 Å². The number of fused-ring (bicyclic) bond motifs is 1. The van der Waals surface area contributed by atoms with Gasteiger partial charge in [-0.15, -0.1) is 12.4 Å². The summed E-state index contributed by atoms with van der Waals surface area (Å²) in [4.78, 5) is 0. The fourth-order valence-corrected chi connectivity index (χ4v) is 1.14. The van der Waals surface area contributed by atoms with Crippen LogP contribution in [0.1, 0.15) is 0 Å². The third kappa shape index (κ3) is 1.44. The summed E-state index contributed by atoms with van der Waals surface area (Å²) in [6.45, 7) is 0. The first-order valence-corrected chi connectivity index (χ1v) is 3.35. The van der Waals surface area contributed by atoms with E-state index >= 15 is 0 Å². The minimum Gasteiger partial charge on any atom is -0.147 e. The van der Waals surface area contributed by atoms with Crippen molar-refractivity contribution in [1.82, 2.24) is 0 Å². The Bertz CT molecular complexity index is 362. The lowest BCUT2D eigenvalue weighted by Crippen LogP contribution is -2.19. The normalized spacial score (nSPS) is 12.5. The molecule has 1 aliphatic rings. The molecule has 0 fully saturated rings. The van der Waals surface area contributed by atoms with Gasteiger partial charge in [-0.2, -0.15) is 0 Å². The van der Waals surface area contributed by atoms with E-state index in [1.165, 1.54) is 4.05 Å². The van der Waals surface area contributed by atoms with Crippen molar-refractivity contribution in [1.29, 1.82) is 0 Å². The number of hydrogen-bond donors (Lipinski definition) is 0. The number of hydrogen-bond acceptors (Lipinski definition) is 1. The minimum atomic E-state index is 0. The summed E-state index contributed by atoms with van der Waals surface area (Å²) < 4.78 is 1.41.